The van der Waals surface area contributed by atoms with Crippen LogP contribution in [0.1, 0.15) is 0 Å². The van der Waals surface area contributed by atoms with E-state index >= 15 is 0 Å². The van der Waals surface area contributed by atoms with Crippen molar-refractivity contribution in [3.63, 3.8) is 0 Å². The molecule has 0 bridgehead atoms. The molecule has 0 rings (SSSR count). The molecular formula is H13P11. The van der Waals surface area contributed by atoms with E-state index < -0.39 is 0 Å². The van der Waals surface area contributed by atoms with Crippen LogP contribution in [-0.4, -0.2) is 0 Å². The van der Waals surface area contributed by atoms with Crippen LogP contribution in [0.2, 0.25) is 0 Å². The lowest BCUT2D eigenvalue weighted by atomic mass is 28.8. The molecule has 0 heterocycles. The van der Waals surface area contributed by atoms with Crippen LogP contribution in [-0.2, 0) is 0 Å². The minimum Gasteiger partial charge on any atom is -0.103 e. The number of hydrogen-bond acceptors (Lipinski definition) is 0. The van der Waals surface area contributed by atoms with Gasteiger partial charge in [0.1, 0.15) is 0 Å². The van der Waals surface area contributed by atoms with E-state index in [1.165, 1.54) is 7.96 Å². The van der Waals surface area contributed by atoms with E-state index in [4.69, 9.17) is 0 Å². The summed E-state index contributed by atoms with van der Waals surface area (Å²) in [6.07, 6.45) is 0. The third kappa shape index (κ3) is 8.53. The van der Waals surface area contributed by atoms with Gasteiger partial charge in [0.2, 0.25) is 0 Å². The molecule has 0 spiro atoms. The van der Waals surface area contributed by atoms with Crippen LogP contribution in [0.5, 0.6) is 0 Å². The third-order valence-corrected chi connectivity index (χ3v) is 52.0. The summed E-state index contributed by atoms with van der Waals surface area (Å²) in [5.41, 5.74) is 0. The van der Waals surface area contributed by atoms with Crippen molar-refractivity contribution in [2.45, 2.75) is 0 Å². The minimum atomic E-state index is 0.151. The Labute approximate surface area is 89.2 Å². The fraction of sp³-hybridized carbons (Fsp3) is 0. The summed E-state index contributed by atoms with van der Waals surface area (Å²) in [7, 11) is 18.9. The highest BCUT2D eigenvalue weighted by Gasteiger charge is 2.18. The number of rotatable bonds is 4. The fourth-order valence-electron chi connectivity index (χ4n) is 0.326. The van der Waals surface area contributed by atoms with Crippen molar-refractivity contribution in [2.75, 3.05) is 0 Å². The average molecular weight is 354 g/mol. The highest BCUT2D eigenvalue weighted by molar-refractivity contribution is 9.14. The van der Waals surface area contributed by atoms with Gasteiger partial charge in [0, 0.05) is 0 Å². The first-order valence-corrected chi connectivity index (χ1v) is 21.6. The van der Waals surface area contributed by atoms with Crippen molar-refractivity contribution >= 4 is 89.5 Å². The SMILES string of the molecule is PP(P)PP(P(P)P)P(P)P. The van der Waals surface area contributed by atoms with Gasteiger partial charge in [-0.25, -0.2) is 0 Å². The van der Waals surface area contributed by atoms with Crippen LogP contribution in [0.15, 0.2) is 0 Å². The predicted molar refractivity (Wildman–Crippen MR) is 94.3 cm³/mol. The smallest absolute Gasteiger partial charge is 0.0134 e. The molecule has 68 valence electrons. The molecule has 0 aromatic rings. The molecule has 0 aromatic carbocycles. The van der Waals surface area contributed by atoms with Crippen molar-refractivity contribution in [3.8, 4) is 0 Å². The molecule has 7 atom stereocenters. The predicted octanol–water partition coefficient (Wildman–Crippen LogP) is 5.99. The molecule has 0 aliphatic heterocycles. The zero-order valence-electron chi connectivity index (χ0n) is 5.75. The molecule has 7 unspecified atom stereocenters. The lowest BCUT2D eigenvalue weighted by molar-refractivity contribution is 4.71. The average Bonchev–Trinajstić information content (AvgIpc) is 1.81. The summed E-state index contributed by atoms with van der Waals surface area (Å²) in [4.78, 5) is 0. The Bertz CT molecular complexity index is 82.2. The van der Waals surface area contributed by atoms with E-state index in [1.54, 1.807) is 0 Å². The van der Waals surface area contributed by atoms with Crippen molar-refractivity contribution in [2.24, 2.45) is 0 Å². The van der Waals surface area contributed by atoms with Gasteiger partial charge in [-0.05, 0) is 27.9 Å². The van der Waals surface area contributed by atoms with Crippen molar-refractivity contribution < 1.29 is 0 Å². The molecular weight excluding hydrogens is 341 g/mol. The number of hydrogen-bond donors (Lipinski definition) is 0. The van der Waals surface area contributed by atoms with Crippen LogP contribution in [0.25, 0.3) is 0 Å². The van der Waals surface area contributed by atoms with E-state index in [9.17, 15) is 0 Å². The zero-order valence-corrected chi connectivity index (χ0v) is 17.3. The molecule has 0 saturated heterocycles. The van der Waals surface area contributed by atoms with E-state index in [2.05, 4.69) is 53.6 Å². The van der Waals surface area contributed by atoms with E-state index in [0.29, 0.717) is 0 Å². The summed E-state index contributed by atoms with van der Waals surface area (Å²) in [6.45, 7) is 0.745. The van der Waals surface area contributed by atoms with E-state index in [0.717, 1.165) is 0 Å². The van der Waals surface area contributed by atoms with E-state index in [1.807, 2.05) is 0 Å². The first kappa shape index (κ1) is 15.7. The minimum absolute atomic E-state index is 0.151. The Morgan fingerprint density at radius 1 is 0.727 bits per heavy atom. The lowest BCUT2D eigenvalue weighted by Gasteiger charge is -2.26. The van der Waals surface area contributed by atoms with Gasteiger partial charge in [-0.15, -0.1) is 53.6 Å². The molecule has 11 heteroatoms. The van der Waals surface area contributed by atoms with Gasteiger partial charge >= 0.3 is 0 Å². The van der Waals surface area contributed by atoms with Crippen molar-refractivity contribution in [3.05, 3.63) is 0 Å². The summed E-state index contributed by atoms with van der Waals surface area (Å²) < 4.78 is 0. The lowest BCUT2D eigenvalue weighted by Crippen LogP contribution is -1.35. The van der Waals surface area contributed by atoms with Gasteiger partial charge in [0.05, 0.1) is 0 Å². The zero-order chi connectivity index (χ0) is 9.02. The quantitative estimate of drug-likeness (QED) is 0.544. The normalized spacial score (nSPS) is 13.6. The van der Waals surface area contributed by atoms with Crippen LogP contribution in [0, 0.1) is 0 Å². The van der Waals surface area contributed by atoms with Crippen molar-refractivity contribution in [1.82, 2.24) is 0 Å². The maximum atomic E-state index is 2.98. The molecule has 0 N–H and O–H groups in total. The second kappa shape index (κ2) is 8.83. The molecule has 0 aliphatic carbocycles. The Hall–Kier alpha value is 4.73. The Morgan fingerprint density at radius 3 is 1.18 bits per heavy atom. The Kier molecular flexibility index (Phi) is 12.6. The van der Waals surface area contributed by atoms with Crippen LogP contribution in [0.4, 0.5) is 0 Å². The van der Waals surface area contributed by atoms with Gasteiger partial charge < -0.3 is 0 Å². The standard InChI is InChI=1S/H13P11/c1-8(2)7-11(9(3)4)10(5)6/h7H,1-6H2. The molecule has 0 aromatic heterocycles. The molecule has 11 heavy (non-hydrogen) atoms. The van der Waals surface area contributed by atoms with Gasteiger partial charge in [0.15, 0.2) is 0 Å². The van der Waals surface area contributed by atoms with Gasteiger partial charge in [0.25, 0.3) is 0 Å². The van der Waals surface area contributed by atoms with Crippen LogP contribution in [0.3, 0.4) is 0 Å². The van der Waals surface area contributed by atoms with Gasteiger partial charge in [-0.3, -0.25) is 0 Å². The summed E-state index contributed by atoms with van der Waals surface area (Å²) in [5, 5.41) is 0. The summed E-state index contributed by atoms with van der Waals surface area (Å²) in [6, 6.07) is 0. The molecule has 0 fully saturated rings. The Morgan fingerprint density at radius 2 is 1.09 bits per heavy atom. The summed E-state index contributed by atoms with van der Waals surface area (Å²) in [5.74, 6) is 0. The topological polar surface area (TPSA) is 0 Å². The van der Waals surface area contributed by atoms with Gasteiger partial charge in [-0.1, -0.05) is 7.96 Å². The second-order valence-corrected chi connectivity index (χ2v) is 42.0. The Balaban J connectivity index is 3.90. The highest BCUT2D eigenvalue weighted by Crippen LogP contribution is 3.08. The molecule has 0 amide bonds. The van der Waals surface area contributed by atoms with E-state index in [-0.39, 0.29) is 27.9 Å². The van der Waals surface area contributed by atoms with Crippen LogP contribution >= 0.6 is 89.5 Å². The van der Waals surface area contributed by atoms with Crippen molar-refractivity contribution in [1.29, 1.82) is 0 Å². The highest BCUT2D eigenvalue weighted by atomic mass is 33.2. The largest absolute Gasteiger partial charge is 0.103 e. The first-order valence-electron chi connectivity index (χ1n) is 2.40. The maximum Gasteiger partial charge on any atom is -0.0134 e. The molecule has 0 radical (unpaired) electrons. The molecule has 0 saturated carbocycles. The fourth-order valence-corrected chi connectivity index (χ4v) is 79.2. The third-order valence-electron chi connectivity index (χ3n) is 0.642. The van der Waals surface area contributed by atoms with Crippen LogP contribution < -0.4 is 0 Å². The molecule has 0 aliphatic rings. The first-order chi connectivity index (χ1) is 4.95. The second-order valence-electron chi connectivity index (χ2n) is 1.56. The van der Waals surface area contributed by atoms with Gasteiger partial charge in [-0.2, -0.15) is 0 Å². The summed E-state index contributed by atoms with van der Waals surface area (Å²) >= 11 is 0. The monoisotopic (exact) mass is 354 g/mol. The molecule has 0 nitrogen and oxygen atoms in total. The maximum absolute atomic E-state index is 2.98.